The summed E-state index contributed by atoms with van der Waals surface area (Å²) in [6.07, 6.45) is 0. The fraction of sp³-hybridized carbons (Fsp3) is 0.286. The molecule has 0 amide bonds. The van der Waals surface area contributed by atoms with Gasteiger partial charge in [0.2, 0.25) is 0 Å². The Balaban J connectivity index is 0. The molecule has 0 atom stereocenters. The molecule has 1 aromatic heterocycles. The summed E-state index contributed by atoms with van der Waals surface area (Å²) in [5, 5.41) is 1.64. The average molecular weight is 439 g/mol. The van der Waals surface area contributed by atoms with Gasteiger partial charge in [0.1, 0.15) is 5.78 Å². The van der Waals surface area contributed by atoms with E-state index in [-0.39, 0.29) is 11.2 Å². The third-order valence-corrected chi connectivity index (χ3v) is 4.30. The topological polar surface area (TPSA) is 34.1 Å². The fourth-order valence-electron chi connectivity index (χ4n) is 2.13. The second-order valence-electron chi connectivity index (χ2n) is 5.49. The van der Waals surface area contributed by atoms with Crippen LogP contribution in [0.1, 0.15) is 55.4 Å². The molecule has 0 aliphatic carbocycles. The molecule has 0 aliphatic rings. The first-order valence-electron chi connectivity index (χ1n) is 11.0. The van der Waals surface area contributed by atoms with E-state index in [1.165, 1.54) is 13.8 Å². The van der Waals surface area contributed by atoms with Crippen LogP contribution in [-0.2, 0) is 4.79 Å². The number of carbonyl (C=O) groups is 1. The highest BCUT2D eigenvalue weighted by atomic mass is 32.1. The molecule has 0 spiro atoms. The van der Waals surface area contributed by atoms with Crippen LogP contribution in [0.25, 0.3) is 20.2 Å². The van der Waals surface area contributed by atoms with Crippen LogP contribution >= 0.6 is 11.3 Å². The van der Waals surface area contributed by atoms with E-state index in [4.69, 9.17) is 0 Å². The maximum atomic E-state index is 12.1. The third-order valence-electron chi connectivity index (χ3n) is 3.15. The normalized spacial score (nSPS) is 8.26. The second kappa shape index (κ2) is 20.5. The summed E-state index contributed by atoms with van der Waals surface area (Å²) >= 11 is 1.67. The van der Waals surface area contributed by atoms with Crippen molar-refractivity contribution in [3.05, 3.63) is 95.2 Å². The summed E-state index contributed by atoms with van der Waals surface area (Å²) < 4.78 is 2.11. The largest absolute Gasteiger partial charge is 0.300 e. The summed E-state index contributed by atoms with van der Waals surface area (Å²) in [7, 11) is 0. The Morgan fingerprint density at radius 3 is 1.10 bits per heavy atom. The lowest BCUT2D eigenvalue weighted by Crippen LogP contribution is -1.99. The van der Waals surface area contributed by atoms with Gasteiger partial charge in [-0.2, -0.15) is 0 Å². The minimum Gasteiger partial charge on any atom is -0.300 e. The van der Waals surface area contributed by atoms with E-state index in [2.05, 4.69) is 0 Å². The standard InChI is InChI=1S/C13H8OS.C6H6.C3H6O.3C2H6/c14-13-9-5-1-3-7-11(9)15-12-8-4-2-6-10(12)13;1-2-4-6-5-3-1;1-3(2)4;3*1-2/h1-8H;1-6H;1-2H3;3*1-2H3. The zero-order chi connectivity index (χ0) is 24.1. The number of carbonyl (C=O) groups excluding carboxylic acids is 1. The second-order valence-corrected chi connectivity index (χ2v) is 6.57. The van der Waals surface area contributed by atoms with Crippen LogP contribution in [0.2, 0.25) is 0 Å². The quantitative estimate of drug-likeness (QED) is 0.257. The molecule has 1 heterocycles. The van der Waals surface area contributed by atoms with Gasteiger partial charge < -0.3 is 4.79 Å². The molecule has 3 aromatic carbocycles. The highest BCUT2D eigenvalue weighted by molar-refractivity contribution is 7.24. The van der Waals surface area contributed by atoms with E-state index >= 15 is 0 Å². The summed E-state index contributed by atoms with van der Waals surface area (Å²) in [5.41, 5.74) is 0.139. The van der Waals surface area contributed by atoms with Crippen LogP contribution in [0.5, 0.6) is 0 Å². The molecule has 0 N–H and O–H groups in total. The predicted molar refractivity (Wildman–Crippen MR) is 142 cm³/mol. The monoisotopic (exact) mass is 438 g/mol. The first kappa shape index (κ1) is 30.4. The average Bonchev–Trinajstić information content (AvgIpc) is 2.84. The smallest absolute Gasteiger partial charge is 0.195 e. The fourth-order valence-corrected chi connectivity index (χ4v) is 3.21. The van der Waals surface area contributed by atoms with Crippen molar-refractivity contribution < 1.29 is 4.79 Å². The Morgan fingerprint density at radius 2 is 0.806 bits per heavy atom. The van der Waals surface area contributed by atoms with Crippen molar-refractivity contribution in [2.45, 2.75) is 55.4 Å². The van der Waals surface area contributed by atoms with Crippen LogP contribution < -0.4 is 5.43 Å². The van der Waals surface area contributed by atoms with Crippen molar-refractivity contribution in [1.82, 2.24) is 0 Å². The number of ketones is 1. The van der Waals surface area contributed by atoms with Crippen LogP contribution in [0.4, 0.5) is 0 Å². The van der Waals surface area contributed by atoms with E-state index in [0.717, 1.165) is 20.2 Å². The van der Waals surface area contributed by atoms with Crippen molar-refractivity contribution in [2.75, 3.05) is 0 Å². The van der Waals surface area contributed by atoms with Crippen LogP contribution in [0, 0.1) is 0 Å². The summed E-state index contributed by atoms with van der Waals surface area (Å²) in [6, 6.07) is 27.5. The van der Waals surface area contributed by atoms with Gasteiger partial charge in [-0.1, -0.05) is 102 Å². The van der Waals surface area contributed by atoms with Gasteiger partial charge in [0.05, 0.1) is 0 Å². The molecule has 2 nitrogen and oxygen atoms in total. The first-order chi connectivity index (χ1) is 15.1. The molecular weight excluding hydrogens is 400 g/mol. The van der Waals surface area contributed by atoms with Gasteiger partial charge in [0.25, 0.3) is 0 Å². The van der Waals surface area contributed by atoms with Crippen LogP contribution in [0.15, 0.2) is 89.7 Å². The van der Waals surface area contributed by atoms with Gasteiger partial charge in [0.15, 0.2) is 5.43 Å². The number of rotatable bonds is 0. The van der Waals surface area contributed by atoms with Gasteiger partial charge in [-0.05, 0) is 38.1 Å². The molecule has 0 unspecified atom stereocenters. The lowest BCUT2D eigenvalue weighted by Gasteiger charge is -1.99. The maximum absolute atomic E-state index is 12.1. The van der Waals surface area contributed by atoms with E-state index in [1.54, 1.807) is 11.3 Å². The molecule has 0 saturated carbocycles. The van der Waals surface area contributed by atoms with Gasteiger partial charge in [0, 0.05) is 20.2 Å². The minimum atomic E-state index is 0.139. The first-order valence-corrected chi connectivity index (χ1v) is 11.8. The zero-order valence-corrected chi connectivity index (χ0v) is 21.1. The number of Topliss-reactive ketones (excluding diaryl/α,β-unsaturated/α-hetero) is 1. The molecule has 168 valence electrons. The van der Waals surface area contributed by atoms with E-state index in [9.17, 15) is 9.59 Å². The Hall–Kier alpha value is -2.78. The van der Waals surface area contributed by atoms with Crippen LogP contribution in [0.3, 0.4) is 0 Å². The molecule has 4 aromatic rings. The van der Waals surface area contributed by atoms with Crippen LogP contribution in [-0.4, -0.2) is 5.78 Å². The lowest BCUT2D eigenvalue weighted by molar-refractivity contribution is -0.114. The van der Waals surface area contributed by atoms with Crippen molar-refractivity contribution in [2.24, 2.45) is 0 Å². The highest BCUT2D eigenvalue weighted by Crippen LogP contribution is 2.23. The number of benzene rings is 3. The van der Waals surface area contributed by atoms with Crippen molar-refractivity contribution in [3.8, 4) is 0 Å². The van der Waals surface area contributed by atoms with Crippen molar-refractivity contribution in [3.63, 3.8) is 0 Å². The maximum Gasteiger partial charge on any atom is 0.195 e. The summed E-state index contributed by atoms with van der Waals surface area (Å²) in [6.45, 7) is 15.1. The third kappa shape index (κ3) is 12.5. The van der Waals surface area contributed by atoms with E-state index < -0.39 is 0 Å². The lowest BCUT2D eigenvalue weighted by atomic mass is 10.2. The Bertz CT molecular complexity index is 918. The molecule has 0 fully saturated rings. The highest BCUT2D eigenvalue weighted by Gasteiger charge is 2.03. The number of fused-ring (bicyclic) bond motifs is 2. The molecule has 0 radical (unpaired) electrons. The number of hydrogen-bond donors (Lipinski definition) is 0. The Labute approximate surface area is 192 Å². The van der Waals surface area contributed by atoms with Crippen molar-refractivity contribution in [1.29, 1.82) is 0 Å². The van der Waals surface area contributed by atoms with Gasteiger partial charge in [-0.15, -0.1) is 11.3 Å². The predicted octanol–water partition coefficient (Wildman–Crippen LogP) is 8.78. The van der Waals surface area contributed by atoms with E-state index in [0.29, 0.717) is 0 Å². The molecule has 0 aliphatic heterocycles. The number of hydrogen-bond acceptors (Lipinski definition) is 3. The molecule has 0 bridgehead atoms. The van der Waals surface area contributed by atoms with E-state index in [1.807, 2.05) is 126 Å². The summed E-state index contributed by atoms with van der Waals surface area (Å²) in [5.74, 6) is 0.167. The Kier molecular flexibility index (Phi) is 20.1. The minimum absolute atomic E-state index is 0.139. The van der Waals surface area contributed by atoms with Gasteiger partial charge in [-0.25, -0.2) is 0 Å². The van der Waals surface area contributed by atoms with Gasteiger partial charge >= 0.3 is 0 Å². The molecule has 31 heavy (non-hydrogen) atoms. The Morgan fingerprint density at radius 1 is 0.548 bits per heavy atom. The zero-order valence-electron chi connectivity index (χ0n) is 20.3. The van der Waals surface area contributed by atoms with Gasteiger partial charge in [-0.3, -0.25) is 4.79 Å². The summed E-state index contributed by atoms with van der Waals surface area (Å²) in [4.78, 5) is 21.5. The molecule has 0 saturated heterocycles. The molecule has 3 heteroatoms. The SMILES string of the molecule is CC.CC.CC.CC(C)=O.O=c1c2ccccc2sc2ccccc12.c1ccccc1. The molecule has 4 rings (SSSR count). The van der Waals surface area contributed by atoms with Crippen molar-refractivity contribution >= 4 is 37.3 Å². The molecular formula is C28H38O2S.